The first kappa shape index (κ1) is 21.9. The fraction of sp³-hybridized carbons (Fsp3) is 0.364. The molecule has 28 heavy (non-hydrogen) atoms. The van der Waals surface area contributed by atoms with Gasteiger partial charge in [-0.25, -0.2) is 4.39 Å². The van der Waals surface area contributed by atoms with Crippen molar-refractivity contribution in [1.29, 1.82) is 0 Å². The highest BCUT2D eigenvalue weighted by atomic mass is 35.5. The normalized spacial score (nSPS) is 11.9. The molecule has 0 aliphatic rings. The van der Waals surface area contributed by atoms with Gasteiger partial charge in [0.1, 0.15) is 11.9 Å². The molecule has 6 heteroatoms. The highest BCUT2D eigenvalue weighted by molar-refractivity contribution is 6.31. The Kier molecular flexibility index (Phi) is 8.00. The first-order valence-electron chi connectivity index (χ1n) is 9.33. The second-order valence-electron chi connectivity index (χ2n) is 7.20. The molecule has 0 heterocycles. The number of hydrogen-bond donors (Lipinski definition) is 1. The predicted molar refractivity (Wildman–Crippen MR) is 109 cm³/mol. The molecule has 0 unspecified atom stereocenters. The topological polar surface area (TPSA) is 49.4 Å². The van der Waals surface area contributed by atoms with Crippen LogP contribution in [0.25, 0.3) is 0 Å². The number of halogens is 2. The Balaban J connectivity index is 2.24. The largest absolute Gasteiger partial charge is 0.354 e. The van der Waals surface area contributed by atoms with Crippen molar-refractivity contribution in [3.8, 4) is 0 Å². The SMILES string of the molecule is CC(C)CNC(=O)[C@H](C)N(Cc1ccccc1Cl)C(=O)Cc1ccccc1F. The Labute approximate surface area is 170 Å². The number of benzene rings is 2. The van der Waals surface area contributed by atoms with Gasteiger partial charge in [0.05, 0.1) is 6.42 Å². The molecule has 2 aromatic rings. The number of nitrogens with zero attached hydrogens (tertiary/aromatic N) is 1. The van der Waals surface area contributed by atoms with E-state index in [4.69, 9.17) is 11.6 Å². The molecular weight excluding hydrogens is 379 g/mol. The van der Waals surface area contributed by atoms with Gasteiger partial charge in [-0.2, -0.15) is 0 Å². The number of carbonyl (C=O) groups is 2. The maximum atomic E-state index is 14.0. The highest BCUT2D eigenvalue weighted by Gasteiger charge is 2.27. The molecular formula is C22H26ClFN2O2. The molecule has 0 bridgehead atoms. The van der Waals surface area contributed by atoms with Crippen molar-refractivity contribution in [2.24, 2.45) is 5.92 Å². The van der Waals surface area contributed by atoms with Gasteiger partial charge >= 0.3 is 0 Å². The van der Waals surface area contributed by atoms with Gasteiger partial charge in [0.25, 0.3) is 0 Å². The monoisotopic (exact) mass is 404 g/mol. The lowest BCUT2D eigenvalue weighted by molar-refractivity contribution is -0.140. The number of rotatable bonds is 8. The summed E-state index contributed by atoms with van der Waals surface area (Å²) in [5.41, 5.74) is 1.03. The average Bonchev–Trinajstić information content (AvgIpc) is 2.66. The molecule has 0 aliphatic carbocycles. The van der Waals surface area contributed by atoms with Crippen molar-refractivity contribution in [2.45, 2.75) is 39.8 Å². The molecule has 0 radical (unpaired) electrons. The maximum Gasteiger partial charge on any atom is 0.242 e. The molecule has 2 rings (SSSR count). The Hall–Kier alpha value is -2.40. The summed E-state index contributed by atoms with van der Waals surface area (Å²) in [5.74, 6) is -0.729. The van der Waals surface area contributed by atoms with Crippen LogP contribution in [-0.2, 0) is 22.6 Å². The summed E-state index contributed by atoms with van der Waals surface area (Å²) in [6.45, 7) is 6.35. The fourth-order valence-electron chi connectivity index (χ4n) is 2.75. The zero-order chi connectivity index (χ0) is 20.7. The van der Waals surface area contributed by atoms with E-state index in [2.05, 4.69) is 5.32 Å². The summed E-state index contributed by atoms with van der Waals surface area (Å²) >= 11 is 6.25. The molecule has 0 aliphatic heterocycles. The standard InChI is InChI=1S/C22H26ClFN2O2/c1-15(2)13-25-22(28)16(3)26(14-18-9-4-6-10-19(18)23)21(27)12-17-8-5-7-11-20(17)24/h4-11,15-16H,12-14H2,1-3H3,(H,25,28)/t16-/m0/s1. The van der Waals surface area contributed by atoms with E-state index in [1.165, 1.54) is 11.0 Å². The Bertz CT molecular complexity index is 826. The van der Waals surface area contributed by atoms with E-state index >= 15 is 0 Å². The molecule has 0 aromatic heterocycles. The zero-order valence-corrected chi connectivity index (χ0v) is 17.2. The van der Waals surface area contributed by atoms with E-state index < -0.39 is 11.9 Å². The van der Waals surface area contributed by atoms with Gasteiger partial charge in [0, 0.05) is 18.1 Å². The van der Waals surface area contributed by atoms with Crippen molar-refractivity contribution in [3.63, 3.8) is 0 Å². The summed E-state index contributed by atoms with van der Waals surface area (Å²) in [5, 5.41) is 3.37. The summed E-state index contributed by atoms with van der Waals surface area (Å²) in [6.07, 6.45) is -0.126. The van der Waals surface area contributed by atoms with E-state index in [-0.39, 0.29) is 24.8 Å². The lowest BCUT2D eigenvalue weighted by Gasteiger charge is -2.29. The third kappa shape index (κ3) is 6.06. The Morgan fingerprint density at radius 1 is 1.04 bits per heavy atom. The number of nitrogens with one attached hydrogen (secondary N) is 1. The van der Waals surface area contributed by atoms with Crippen LogP contribution in [0.3, 0.4) is 0 Å². The average molecular weight is 405 g/mol. The molecule has 4 nitrogen and oxygen atoms in total. The van der Waals surface area contributed by atoms with Gasteiger partial charge in [-0.15, -0.1) is 0 Å². The van der Waals surface area contributed by atoms with Crippen molar-refractivity contribution < 1.29 is 14.0 Å². The van der Waals surface area contributed by atoms with Gasteiger partial charge in [0.2, 0.25) is 11.8 Å². The van der Waals surface area contributed by atoms with Crippen LogP contribution in [-0.4, -0.2) is 29.3 Å². The van der Waals surface area contributed by atoms with Gasteiger partial charge in [-0.1, -0.05) is 61.8 Å². The molecule has 2 amide bonds. The van der Waals surface area contributed by atoms with Crippen molar-refractivity contribution >= 4 is 23.4 Å². The molecule has 0 saturated heterocycles. The van der Waals surface area contributed by atoms with Crippen LogP contribution in [0.5, 0.6) is 0 Å². The molecule has 0 saturated carbocycles. The third-order valence-electron chi connectivity index (χ3n) is 4.45. The molecule has 0 spiro atoms. The Morgan fingerprint density at radius 2 is 1.64 bits per heavy atom. The molecule has 1 atom stereocenters. The molecule has 150 valence electrons. The number of hydrogen-bond acceptors (Lipinski definition) is 2. The minimum absolute atomic E-state index is 0.126. The third-order valence-corrected chi connectivity index (χ3v) is 4.82. The summed E-state index contributed by atoms with van der Waals surface area (Å²) < 4.78 is 14.0. The van der Waals surface area contributed by atoms with Crippen LogP contribution >= 0.6 is 11.6 Å². The minimum atomic E-state index is -0.714. The fourth-order valence-corrected chi connectivity index (χ4v) is 2.95. The van der Waals surface area contributed by atoms with Gasteiger partial charge in [-0.3, -0.25) is 9.59 Å². The Morgan fingerprint density at radius 3 is 2.25 bits per heavy atom. The van der Waals surface area contributed by atoms with Crippen LogP contribution < -0.4 is 5.32 Å². The van der Waals surface area contributed by atoms with Crippen LogP contribution in [0, 0.1) is 11.7 Å². The van der Waals surface area contributed by atoms with E-state index in [0.29, 0.717) is 23.0 Å². The van der Waals surface area contributed by atoms with Crippen LogP contribution in [0.2, 0.25) is 5.02 Å². The molecule has 2 aromatic carbocycles. The summed E-state index contributed by atoms with van der Waals surface area (Å²) in [6, 6.07) is 12.6. The van der Waals surface area contributed by atoms with E-state index in [9.17, 15) is 14.0 Å². The van der Waals surface area contributed by atoms with Crippen molar-refractivity contribution in [1.82, 2.24) is 10.2 Å². The lowest BCUT2D eigenvalue weighted by atomic mass is 10.1. The van der Waals surface area contributed by atoms with E-state index in [0.717, 1.165) is 5.56 Å². The summed E-state index contributed by atoms with van der Waals surface area (Å²) in [4.78, 5) is 27.0. The van der Waals surface area contributed by atoms with E-state index in [1.807, 2.05) is 26.0 Å². The predicted octanol–water partition coefficient (Wildman–Crippen LogP) is 4.21. The highest BCUT2D eigenvalue weighted by Crippen LogP contribution is 2.20. The van der Waals surface area contributed by atoms with Gasteiger partial charge in [-0.05, 0) is 36.1 Å². The van der Waals surface area contributed by atoms with Crippen LogP contribution in [0.15, 0.2) is 48.5 Å². The molecule has 0 fully saturated rings. The number of carbonyl (C=O) groups excluding carboxylic acids is 2. The first-order valence-corrected chi connectivity index (χ1v) is 9.71. The van der Waals surface area contributed by atoms with Crippen molar-refractivity contribution in [3.05, 3.63) is 70.5 Å². The second kappa shape index (κ2) is 10.2. The van der Waals surface area contributed by atoms with Crippen molar-refractivity contribution in [2.75, 3.05) is 6.54 Å². The number of amides is 2. The van der Waals surface area contributed by atoms with Gasteiger partial charge in [0.15, 0.2) is 0 Å². The zero-order valence-electron chi connectivity index (χ0n) is 16.4. The van der Waals surface area contributed by atoms with Crippen LogP contribution in [0.4, 0.5) is 4.39 Å². The molecule has 1 N–H and O–H groups in total. The first-order chi connectivity index (χ1) is 13.3. The second-order valence-corrected chi connectivity index (χ2v) is 7.60. The van der Waals surface area contributed by atoms with Crippen LogP contribution in [0.1, 0.15) is 31.9 Å². The minimum Gasteiger partial charge on any atom is -0.354 e. The smallest absolute Gasteiger partial charge is 0.242 e. The summed E-state index contributed by atoms with van der Waals surface area (Å²) in [7, 11) is 0. The maximum absolute atomic E-state index is 14.0. The lowest BCUT2D eigenvalue weighted by Crippen LogP contribution is -2.48. The van der Waals surface area contributed by atoms with E-state index in [1.54, 1.807) is 37.3 Å². The quantitative estimate of drug-likeness (QED) is 0.716. The van der Waals surface area contributed by atoms with Gasteiger partial charge < -0.3 is 10.2 Å².